The maximum Gasteiger partial charge on any atom is 0.168 e. The number of halogens is 1. The number of ether oxygens (including phenoxy) is 1. The molecule has 0 fully saturated rings. The van der Waals surface area contributed by atoms with Crippen molar-refractivity contribution in [1.82, 2.24) is 4.98 Å². The van der Waals surface area contributed by atoms with Gasteiger partial charge in [-0.25, -0.2) is 4.39 Å². The van der Waals surface area contributed by atoms with Crippen LogP contribution in [-0.4, -0.2) is 12.1 Å². The average molecular weight is 246 g/mol. The molecule has 2 aromatic rings. The number of benzene rings is 1. The van der Waals surface area contributed by atoms with Crippen LogP contribution < -0.4 is 10.5 Å². The minimum Gasteiger partial charge on any atom is -0.494 e. The van der Waals surface area contributed by atoms with Crippen molar-refractivity contribution >= 4 is 5.69 Å². The molecule has 0 radical (unpaired) electrons. The largest absolute Gasteiger partial charge is 0.494 e. The quantitative estimate of drug-likeness (QED) is 0.902. The van der Waals surface area contributed by atoms with Gasteiger partial charge in [0.2, 0.25) is 0 Å². The van der Waals surface area contributed by atoms with Gasteiger partial charge in [0.25, 0.3) is 0 Å². The fraction of sp³-hybridized carbons (Fsp3) is 0.214. The van der Waals surface area contributed by atoms with Crippen LogP contribution in [0.5, 0.6) is 5.75 Å². The molecule has 0 unspecified atom stereocenters. The lowest BCUT2D eigenvalue weighted by molar-refractivity contribution is 0.384. The van der Waals surface area contributed by atoms with Crippen LogP contribution in [0.15, 0.2) is 36.7 Å². The van der Waals surface area contributed by atoms with Gasteiger partial charge in [0, 0.05) is 18.1 Å². The summed E-state index contributed by atoms with van der Waals surface area (Å²) in [4.78, 5) is 4.02. The molecule has 2 rings (SSSR count). The van der Waals surface area contributed by atoms with Crippen molar-refractivity contribution in [2.24, 2.45) is 0 Å². The molecule has 0 atom stereocenters. The van der Waals surface area contributed by atoms with Crippen LogP contribution in [0.3, 0.4) is 0 Å². The molecular formula is C14H15FN2O. The fourth-order valence-corrected chi connectivity index (χ4v) is 1.82. The second kappa shape index (κ2) is 5.49. The zero-order chi connectivity index (χ0) is 13.0. The van der Waals surface area contributed by atoms with E-state index in [1.54, 1.807) is 36.7 Å². The molecule has 0 bridgehead atoms. The summed E-state index contributed by atoms with van der Waals surface area (Å²) in [5.41, 5.74) is 8.06. The molecule has 94 valence electrons. The summed E-state index contributed by atoms with van der Waals surface area (Å²) in [6.07, 6.45) is 4.58. The van der Waals surface area contributed by atoms with Gasteiger partial charge in [0.15, 0.2) is 11.6 Å². The van der Waals surface area contributed by atoms with E-state index >= 15 is 0 Å². The molecule has 4 heteroatoms. The van der Waals surface area contributed by atoms with Gasteiger partial charge in [0.1, 0.15) is 0 Å². The lowest BCUT2D eigenvalue weighted by Crippen LogP contribution is -2.00. The Hall–Kier alpha value is -2.10. The first-order valence-corrected chi connectivity index (χ1v) is 5.72. The standard InChI is InChI=1S/C14H15FN2O/c1-18-13-4-2-3-10(14(13)15)5-6-11-9-17-8-7-12(11)16/h2-4,7-9H,5-6H2,1H3,(H2,16,17). The topological polar surface area (TPSA) is 48.1 Å². The van der Waals surface area contributed by atoms with Crippen molar-refractivity contribution in [2.45, 2.75) is 12.8 Å². The first-order valence-electron chi connectivity index (χ1n) is 5.72. The van der Waals surface area contributed by atoms with Crippen molar-refractivity contribution in [2.75, 3.05) is 12.8 Å². The van der Waals surface area contributed by atoms with Gasteiger partial charge in [0.05, 0.1) is 7.11 Å². The zero-order valence-electron chi connectivity index (χ0n) is 10.2. The van der Waals surface area contributed by atoms with Crippen LogP contribution >= 0.6 is 0 Å². The minimum atomic E-state index is -0.303. The maximum absolute atomic E-state index is 13.9. The predicted molar refractivity (Wildman–Crippen MR) is 69.0 cm³/mol. The Bertz CT molecular complexity index is 543. The van der Waals surface area contributed by atoms with E-state index in [1.165, 1.54) is 7.11 Å². The number of nitrogens with zero attached hydrogens (tertiary/aromatic N) is 1. The van der Waals surface area contributed by atoms with E-state index in [4.69, 9.17) is 10.5 Å². The van der Waals surface area contributed by atoms with E-state index in [1.807, 2.05) is 0 Å². The molecule has 0 aliphatic rings. The van der Waals surface area contributed by atoms with Crippen LogP contribution in [0.25, 0.3) is 0 Å². The van der Waals surface area contributed by atoms with Crippen molar-refractivity contribution in [3.63, 3.8) is 0 Å². The number of aromatic nitrogens is 1. The number of nitrogens with two attached hydrogens (primary N) is 1. The first kappa shape index (κ1) is 12.4. The van der Waals surface area contributed by atoms with Crippen molar-refractivity contribution in [3.8, 4) is 5.75 Å². The van der Waals surface area contributed by atoms with Crippen LogP contribution in [0.2, 0.25) is 0 Å². The number of nitrogen functional groups attached to an aromatic ring is 1. The highest BCUT2D eigenvalue weighted by Crippen LogP contribution is 2.22. The summed E-state index contributed by atoms with van der Waals surface area (Å²) < 4.78 is 18.9. The monoisotopic (exact) mass is 246 g/mol. The summed E-state index contributed by atoms with van der Waals surface area (Å²) in [7, 11) is 1.46. The van der Waals surface area contributed by atoms with Gasteiger partial charge in [-0.15, -0.1) is 0 Å². The number of hydrogen-bond donors (Lipinski definition) is 1. The third-order valence-corrected chi connectivity index (χ3v) is 2.87. The Labute approximate surface area is 105 Å². The Balaban J connectivity index is 2.14. The molecule has 0 saturated heterocycles. The number of anilines is 1. The van der Waals surface area contributed by atoms with Crippen LogP contribution in [0.1, 0.15) is 11.1 Å². The van der Waals surface area contributed by atoms with Crippen LogP contribution in [0, 0.1) is 5.82 Å². The van der Waals surface area contributed by atoms with Crippen LogP contribution in [0.4, 0.5) is 10.1 Å². The number of rotatable bonds is 4. The summed E-state index contributed by atoms with van der Waals surface area (Å²) >= 11 is 0. The van der Waals surface area contributed by atoms with E-state index in [-0.39, 0.29) is 11.6 Å². The van der Waals surface area contributed by atoms with E-state index in [0.717, 1.165) is 5.56 Å². The van der Waals surface area contributed by atoms with E-state index in [2.05, 4.69) is 4.98 Å². The van der Waals surface area contributed by atoms with Crippen LogP contribution in [-0.2, 0) is 12.8 Å². The summed E-state index contributed by atoms with van der Waals surface area (Å²) in [6.45, 7) is 0. The molecule has 1 heterocycles. The average Bonchev–Trinajstić information content (AvgIpc) is 2.39. The second-order valence-electron chi connectivity index (χ2n) is 4.01. The summed E-state index contributed by atoms with van der Waals surface area (Å²) in [6, 6.07) is 6.89. The highest BCUT2D eigenvalue weighted by molar-refractivity contribution is 5.44. The molecule has 1 aromatic heterocycles. The van der Waals surface area contributed by atoms with Gasteiger partial charge in [-0.3, -0.25) is 4.98 Å². The van der Waals surface area contributed by atoms with Crippen molar-refractivity contribution < 1.29 is 9.13 Å². The predicted octanol–water partition coefficient (Wildman–Crippen LogP) is 2.60. The lowest BCUT2D eigenvalue weighted by atomic mass is 10.0. The third kappa shape index (κ3) is 2.59. The van der Waals surface area contributed by atoms with E-state index < -0.39 is 0 Å². The molecule has 0 spiro atoms. The van der Waals surface area contributed by atoms with Gasteiger partial charge >= 0.3 is 0 Å². The number of pyridine rings is 1. The first-order chi connectivity index (χ1) is 8.72. The minimum absolute atomic E-state index is 0.270. The summed E-state index contributed by atoms with van der Waals surface area (Å²) in [5.74, 6) is -0.0332. The van der Waals surface area contributed by atoms with Crippen molar-refractivity contribution in [3.05, 3.63) is 53.6 Å². The van der Waals surface area contributed by atoms with E-state index in [9.17, 15) is 4.39 Å². The zero-order valence-corrected chi connectivity index (χ0v) is 10.2. The Kier molecular flexibility index (Phi) is 3.77. The third-order valence-electron chi connectivity index (χ3n) is 2.87. The molecular weight excluding hydrogens is 231 g/mol. The van der Waals surface area contributed by atoms with Gasteiger partial charge in [-0.1, -0.05) is 12.1 Å². The molecule has 1 aromatic carbocycles. The Morgan fingerprint density at radius 2 is 2.00 bits per heavy atom. The highest BCUT2D eigenvalue weighted by atomic mass is 19.1. The van der Waals surface area contributed by atoms with Crippen molar-refractivity contribution in [1.29, 1.82) is 0 Å². The fourth-order valence-electron chi connectivity index (χ4n) is 1.82. The lowest BCUT2D eigenvalue weighted by Gasteiger charge is -2.08. The van der Waals surface area contributed by atoms with E-state index in [0.29, 0.717) is 24.1 Å². The molecule has 0 aliphatic carbocycles. The normalized spacial score (nSPS) is 10.3. The number of aryl methyl sites for hydroxylation is 2. The summed E-state index contributed by atoms with van der Waals surface area (Å²) in [5, 5.41) is 0. The molecule has 3 nitrogen and oxygen atoms in total. The number of hydrogen-bond acceptors (Lipinski definition) is 3. The van der Waals surface area contributed by atoms with Gasteiger partial charge in [-0.2, -0.15) is 0 Å². The Morgan fingerprint density at radius 3 is 2.72 bits per heavy atom. The van der Waals surface area contributed by atoms with Gasteiger partial charge in [-0.05, 0) is 36.1 Å². The molecule has 18 heavy (non-hydrogen) atoms. The number of methoxy groups -OCH3 is 1. The van der Waals surface area contributed by atoms with Gasteiger partial charge < -0.3 is 10.5 Å². The molecule has 0 aliphatic heterocycles. The SMILES string of the molecule is COc1cccc(CCc2cnccc2N)c1F. The molecule has 0 saturated carbocycles. The maximum atomic E-state index is 13.9. The second-order valence-corrected chi connectivity index (χ2v) is 4.01. The smallest absolute Gasteiger partial charge is 0.168 e. The highest BCUT2D eigenvalue weighted by Gasteiger charge is 2.08. The molecule has 2 N–H and O–H groups in total. The molecule has 0 amide bonds. The Morgan fingerprint density at radius 1 is 1.22 bits per heavy atom.